The highest BCUT2D eigenvalue weighted by atomic mass is 16.6. The maximum Gasteiger partial charge on any atom is 0.424 e. The summed E-state index contributed by atoms with van der Waals surface area (Å²) >= 11 is 0. The molecule has 0 bridgehead atoms. The van der Waals surface area contributed by atoms with E-state index in [1.807, 2.05) is 0 Å². The summed E-state index contributed by atoms with van der Waals surface area (Å²) < 4.78 is 0. The number of benzene rings is 2. The Morgan fingerprint density at radius 2 is 1.41 bits per heavy atom. The van der Waals surface area contributed by atoms with Gasteiger partial charge in [0.05, 0.1) is 20.8 Å². The highest BCUT2D eigenvalue weighted by Gasteiger charge is 2.41. The standard InChI is InChI=1S/C15H5N5O7/c21-15-7-4-2-1-3-6(7)10-12(15)17-11-8(16-10)5-9(18(22)23)13(19(24)25)14(11)20(26)27/h1-5H. The van der Waals surface area contributed by atoms with Crippen molar-refractivity contribution < 1.29 is 19.6 Å². The molecule has 0 fully saturated rings. The van der Waals surface area contributed by atoms with Crippen LogP contribution in [0.1, 0.15) is 16.1 Å². The molecule has 1 aliphatic rings. The Bertz CT molecular complexity index is 1240. The highest BCUT2D eigenvalue weighted by Crippen LogP contribution is 2.43. The lowest BCUT2D eigenvalue weighted by atomic mass is 10.1. The molecule has 12 nitrogen and oxygen atoms in total. The predicted octanol–water partition coefficient (Wildman–Crippen LogP) is 2.57. The smallest absolute Gasteiger partial charge is 0.287 e. The third kappa shape index (κ3) is 2.13. The Morgan fingerprint density at radius 1 is 0.778 bits per heavy atom. The zero-order valence-corrected chi connectivity index (χ0v) is 13.0. The molecule has 4 rings (SSSR count). The molecule has 0 saturated carbocycles. The number of hydrogen-bond donors (Lipinski definition) is 0. The lowest BCUT2D eigenvalue weighted by molar-refractivity contribution is -0.440. The summed E-state index contributed by atoms with van der Waals surface area (Å²) in [5.41, 5.74) is -3.80. The SMILES string of the molecule is O=C1c2ccccc2-c2nc3cc([N+](=O)[O-])c([N+](=O)[O-])c([N+](=O)[O-])c3nc21. The maximum atomic E-state index is 12.5. The molecule has 0 saturated heterocycles. The fraction of sp³-hybridized carbons (Fsp3) is 0. The third-order valence-electron chi connectivity index (χ3n) is 4.09. The van der Waals surface area contributed by atoms with Gasteiger partial charge in [-0.1, -0.05) is 24.3 Å². The lowest BCUT2D eigenvalue weighted by Crippen LogP contribution is -2.06. The summed E-state index contributed by atoms with van der Waals surface area (Å²) in [5.74, 6) is -0.537. The van der Waals surface area contributed by atoms with Gasteiger partial charge in [-0.3, -0.25) is 35.1 Å². The van der Waals surface area contributed by atoms with Crippen molar-refractivity contribution in [3.8, 4) is 11.3 Å². The Balaban J connectivity index is 2.18. The van der Waals surface area contributed by atoms with E-state index in [0.29, 0.717) is 5.56 Å². The normalized spacial score (nSPS) is 11.9. The molecule has 12 heteroatoms. The van der Waals surface area contributed by atoms with Gasteiger partial charge in [0.25, 0.3) is 0 Å². The molecule has 3 aromatic rings. The molecule has 0 radical (unpaired) electrons. The third-order valence-corrected chi connectivity index (χ3v) is 4.09. The quantitative estimate of drug-likeness (QED) is 0.389. The van der Waals surface area contributed by atoms with E-state index < -0.39 is 43.1 Å². The number of hydrogen-bond acceptors (Lipinski definition) is 9. The average Bonchev–Trinajstić information content (AvgIpc) is 2.90. The molecule has 1 heterocycles. The van der Waals surface area contributed by atoms with Crippen LogP contribution in [0.3, 0.4) is 0 Å². The first-order valence-corrected chi connectivity index (χ1v) is 7.27. The van der Waals surface area contributed by atoms with Gasteiger partial charge in [0.15, 0.2) is 5.52 Å². The number of fused-ring (bicyclic) bond motifs is 4. The predicted molar refractivity (Wildman–Crippen MR) is 88.4 cm³/mol. The van der Waals surface area contributed by atoms with Crippen molar-refractivity contribution in [1.29, 1.82) is 0 Å². The first-order valence-electron chi connectivity index (χ1n) is 7.27. The van der Waals surface area contributed by atoms with Crippen molar-refractivity contribution in [1.82, 2.24) is 9.97 Å². The fourth-order valence-electron chi connectivity index (χ4n) is 3.01. The van der Waals surface area contributed by atoms with Crippen LogP contribution in [0, 0.1) is 30.3 Å². The number of carbonyl (C=O) groups is 1. The topological polar surface area (TPSA) is 172 Å². The second-order valence-electron chi connectivity index (χ2n) is 5.53. The number of carbonyl (C=O) groups excluding carboxylic acids is 1. The van der Waals surface area contributed by atoms with E-state index in [-0.39, 0.29) is 22.5 Å². The van der Waals surface area contributed by atoms with E-state index in [0.717, 1.165) is 6.07 Å². The van der Waals surface area contributed by atoms with Crippen molar-refractivity contribution in [3.63, 3.8) is 0 Å². The van der Waals surface area contributed by atoms with E-state index in [2.05, 4.69) is 9.97 Å². The molecule has 0 N–H and O–H groups in total. The van der Waals surface area contributed by atoms with Crippen LogP contribution >= 0.6 is 0 Å². The molecule has 132 valence electrons. The zero-order valence-electron chi connectivity index (χ0n) is 13.0. The van der Waals surface area contributed by atoms with Gasteiger partial charge in [0.1, 0.15) is 16.9 Å². The molecule has 0 amide bonds. The Labute approximate surface area is 147 Å². The number of rotatable bonds is 3. The van der Waals surface area contributed by atoms with Crippen molar-refractivity contribution in [2.75, 3.05) is 0 Å². The van der Waals surface area contributed by atoms with Gasteiger partial charge in [-0.15, -0.1) is 0 Å². The molecular weight excluding hydrogens is 362 g/mol. The fourth-order valence-corrected chi connectivity index (χ4v) is 3.01. The van der Waals surface area contributed by atoms with Crippen LogP contribution < -0.4 is 0 Å². The van der Waals surface area contributed by atoms with Crippen molar-refractivity contribution in [3.05, 3.63) is 71.9 Å². The minimum absolute atomic E-state index is 0.112. The summed E-state index contributed by atoms with van der Waals surface area (Å²) in [4.78, 5) is 51.0. The van der Waals surface area contributed by atoms with Gasteiger partial charge in [-0.2, -0.15) is 0 Å². The van der Waals surface area contributed by atoms with E-state index >= 15 is 0 Å². The number of aromatic nitrogens is 2. The van der Waals surface area contributed by atoms with E-state index in [1.165, 1.54) is 6.07 Å². The van der Waals surface area contributed by atoms with Crippen LogP contribution in [0.2, 0.25) is 0 Å². The summed E-state index contributed by atoms with van der Waals surface area (Å²) in [5, 5.41) is 33.9. The first-order chi connectivity index (χ1) is 12.8. The van der Waals surface area contributed by atoms with E-state index in [1.54, 1.807) is 18.2 Å². The minimum atomic E-state index is -1.31. The average molecular weight is 367 g/mol. The lowest BCUT2D eigenvalue weighted by Gasteiger charge is -2.04. The van der Waals surface area contributed by atoms with Crippen LogP contribution in [-0.2, 0) is 0 Å². The molecule has 0 unspecified atom stereocenters. The van der Waals surface area contributed by atoms with E-state index in [4.69, 9.17) is 0 Å². The molecular formula is C15H5N5O7. The number of nitrogens with zero attached hydrogens (tertiary/aromatic N) is 5. The molecule has 0 atom stereocenters. The number of nitro groups is 3. The summed E-state index contributed by atoms with van der Waals surface area (Å²) in [6, 6.07) is 7.12. The highest BCUT2D eigenvalue weighted by molar-refractivity contribution is 6.20. The van der Waals surface area contributed by atoms with Gasteiger partial charge in [0, 0.05) is 11.1 Å². The minimum Gasteiger partial charge on any atom is -0.287 e. The van der Waals surface area contributed by atoms with E-state index in [9.17, 15) is 35.1 Å². The van der Waals surface area contributed by atoms with Crippen LogP contribution in [-0.4, -0.2) is 30.5 Å². The largest absolute Gasteiger partial charge is 0.424 e. The van der Waals surface area contributed by atoms with Gasteiger partial charge in [-0.05, 0) is 0 Å². The number of ketones is 1. The van der Waals surface area contributed by atoms with Crippen LogP contribution in [0.5, 0.6) is 0 Å². The van der Waals surface area contributed by atoms with Gasteiger partial charge in [-0.25, -0.2) is 9.97 Å². The molecule has 1 aliphatic carbocycles. The van der Waals surface area contributed by atoms with Crippen LogP contribution in [0.15, 0.2) is 30.3 Å². The zero-order chi connectivity index (χ0) is 19.5. The second kappa shape index (κ2) is 5.32. The molecule has 0 aliphatic heterocycles. The maximum absolute atomic E-state index is 12.5. The molecule has 27 heavy (non-hydrogen) atoms. The first kappa shape index (κ1) is 16.1. The number of nitro benzene ring substituents is 3. The Kier molecular flexibility index (Phi) is 3.18. The van der Waals surface area contributed by atoms with Gasteiger partial charge < -0.3 is 0 Å². The van der Waals surface area contributed by atoms with Gasteiger partial charge >= 0.3 is 17.1 Å². The summed E-state index contributed by atoms with van der Waals surface area (Å²) in [6.45, 7) is 0. The summed E-state index contributed by atoms with van der Waals surface area (Å²) in [6.07, 6.45) is 0. The van der Waals surface area contributed by atoms with Crippen molar-refractivity contribution >= 4 is 33.9 Å². The molecule has 1 aromatic heterocycles. The summed E-state index contributed by atoms with van der Waals surface area (Å²) in [7, 11) is 0. The Morgan fingerprint density at radius 3 is 2.00 bits per heavy atom. The monoisotopic (exact) mass is 367 g/mol. The Hall–Kier alpha value is -4.35. The van der Waals surface area contributed by atoms with Crippen molar-refractivity contribution in [2.45, 2.75) is 0 Å². The molecule has 0 spiro atoms. The van der Waals surface area contributed by atoms with Crippen molar-refractivity contribution in [2.24, 2.45) is 0 Å². The van der Waals surface area contributed by atoms with Gasteiger partial charge in [0.2, 0.25) is 5.78 Å². The molecule has 2 aromatic carbocycles. The van der Waals surface area contributed by atoms with Crippen LogP contribution in [0.25, 0.3) is 22.3 Å². The second-order valence-corrected chi connectivity index (χ2v) is 5.53. The van der Waals surface area contributed by atoms with Crippen LogP contribution in [0.4, 0.5) is 17.1 Å².